The van der Waals surface area contributed by atoms with E-state index in [4.69, 9.17) is 9.47 Å². The third-order valence-corrected chi connectivity index (χ3v) is 4.01. The highest BCUT2D eigenvalue weighted by Crippen LogP contribution is 2.34. The van der Waals surface area contributed by atoms with Gasteiger partial charge in [0.25, 0.3) is 11.6 Å². The molecule has 0 unspecified atom stereocenters. The fourth-order valence-corrected chi connectivity index (χ4v) is 2.67. The standard InChI is InChI=1S/C18H14N4O5/c23-18(20-13-3-6-16-17(7-13)27-11-26-16)15-9-21(10-19-15)8-12-1-4-14(5-2-12)22(24)25/h1-7,9-10H,8,11H2,(H,20,23). The lowest BCUT2D eigenvalue weighted by Gasteiger charge is -2.04. The van der Waals surface area contributed by atoms with Crippen molar-refractivity contribution in [1.82, 2.24) is 9.55 Å². The third kappa shape index (κ3) is 3.56. The molecule has 0 radical (unpaired) electrons. The predicted molar refractivity (Wildman–Crippen MR) is 94.9 cm³/mol. The molecule has 1 N–H and O–H groups in total. The molecule has 0 atom stereocenters. The molecule has 1 aliphatic rings. The van der Waals surface area contributed by atoms with E-state index in [9.17, 15) is 14.9 Å². The van der Waals surface area contributed by atoms with Crippen molar-refractivity contribution in [2.75, 3.05) is 12.1 Å². The summed E-state index contributed by atoms with van der Waals surface area (Å²) < 4.78 is 12.3. The number of ether oxygens (including phenoxy) is 2. The van der Waals surface area contributed by atoms with E-state index in [1.54, 1.807) is 41.1 Å². The maximum atomic E-state index is 12.4. The van der Waals surface area contributed by atoms with Gasteiger partial charge in [0.2, 0.25) is 6.79 Å². The topological polar surface area (TPSA) is 109 Å². The lowest BCUT2D eigenvalue weighted by Crippen LogP contribution is -2.12. The molecule has 0 spiro atoms. The van der Waals surface area contributed by atoms with Gasteiger partial charge in [-0.25, -0.2) is 4.98 Å². The fourth-order valence-electron chi connectivity index (χ4n) is 2.67. The summed E-state index contributed by atoms with van der Waals surface area (Å²) in [5, 5.41) is 13.5. The van der Waals surface area contributed by atoms with Gasteiger partial charge in [-0.1, -0.05) is 12.1 Å². The van der Waals surface area contributed by atoms with Crippen LogP contribution in [0.2, 0.25) is 0 Å². The van der Waals surface area contributed by atoms with Crippen LogP contribution in [0.3, 0.4) is 0 Å². The summed E-state index contributed by atoms with van der Waals surface area (Å²) in [7, 11) is 0. The zero-order chi connectivity index (χ0) is 18.8. The first-order chi connectivity index (χ1) is 13.1. The minimum Gasteiger partial charge on any atom is -0.454 e. The second-order valence-corrected chi connectivity index (χ2v) is 5.88. The summed E-state index contributed by atoms with van der Waals surface area (Å²) in [6.07, 6.45) is 3.15. The minimum atomic E-state index is -0.445. The Morgan fingerprint density at radius 1 is 1.19 bits per heavy atom. The number of benzene rings is 2. The average Bonchev–Trinajstić information content (AvgIpc) is 3.31. The molecule has 2 heterocycles. The zero-order valence-corrected chi connectivity index (χ0v) is 14.0. The Balaban J connectivity index is 1.42. The van der Waals surface area contributed by atoms with Gasteiger partial charge in [-0.2, -0.15) is 0 Å². The Hall–Kier alpha value is -3.88. The molecule has 2 aromatic carbocycles. The number of rotatable bonds is 5. The smallest absolute Gasteiger partial charge is 0.275 e. The molecule has 27 heavy (non-hydrogen) atoms. The molecule has 1 amide bonds. The van der Waals surface area contributed by atoms with Crippen LogP contribution in [0, 0.1) is 10.1 Å². The quantitative estimate of drug-likeness (QED) is 0.549. The minimum absolute atomic E-state index is 0.0353. The van der Waals surface area contributed by atoms with Crippen LogP contribution in [0.25, 0.3) is 0 Å². The number of nitro benzene ring substituents is 1. The van der Waals surface area contributed by atoms with Crippen molar-refractivity contribution < 1.29 is 19.2 Å². The van der Waals surface area contributed by atoms with Gasteiger partial charge in [0.15, 0.2) is 11.5 Å². The number of carbonyl (C=O) groups excluding carboxylic acids is 1. The monoisotopic (exact) mass is 366 g/mol. The summed E-state index contributed by atoms with van der Waals surface area (Å²) in [4.78, 5) is 26.7. The van der Waals surface area contributed by atoms with Crippen molar-refractivity contribution >= 4 is 17.3 Å². The average molecular weight is 366 g/mol. The van der Waals surface area contributed by atoms with Gasteiger partial charge < -0.3 is 19.4 Å². The van der Waals surface area contributed by atoms with Crippen molar-refractivity contribution in [2.24, 2.45) is 0 Å². The van der Waals surface area contributed by atoms with Crippen LogP contribution < -0.4 is 14.8 Å². The lowest BCUT2D eigenvalue weighted by atomic mass is 10.2. The number of aromatic nitrogens is 2. The summed E-state index contributed by atoms with van der Waals surface area (Å²) in [5.74, 6) is 0.869. The first-order valence-electron chi connectivity index (χ1n) is 8.04. The van der Waals surface area contributed by atoms with Crippen molar-refractivity contribution in [3.63, 3.8) is 0 Å². The molecule has 1 aromatic heterocycles. The number of anilines is 1. The Morgan fingerprint density at radius 2 is 1.96 bits per heavy atom. The Kier molecular flexibility index (Phi) is 4.17. The molecular formula is C18H14N4O5. The number of amides is 1. The van der Waals surface area contributed by atoms with Crippen molar-refractivity contribution in [3.05, 3.63) is 76.4 Å². The van der Waals surface area contributed by atoms with Crippen LogP contribution in [-0.4, -0.2) is 27.2 Å². The Labute approximate surface area is 153 Å². The van der Waals surface area contributed by atoms with E-state index in [0.717, 1.165) is 5.56 Å². The molecule has 9 nitrogen and oxygen atoms in total. The second kappa shape index (κ2) is 6.79. The maximum absolute atomic E-state index is 12.4. The number of carbonyl (C=O) groups is 1. The maximum Gasteiger partial charge on any atom is 0.275 e. The SMILES string of the molecule is O=C(Nc1ccc2c(c1)OCO2)c1cn(Cc2ccc([N+](=O)[O-])cc2)cn1. The number of imidazole rings is 1. The molecule has 0 aliphatic carbocycles. The van der Waals surface area contributed by atoms with E-state index >= 15 is 0 Å². The summed E-state index contributed by atoms with van der Waals surface area (Å²) in [5.41, 5.74) is 1.73. The largest absolute Gasteiger partial charge is 0.454 e. The Bertz CT molecular complexity index is 1010. The summed E-state index contributed by atoms with van der Waals surface area (Å²) >= 11 is 0. The molecule has 3 aromatic rings. The second-order valence-electron chi connectivity index (χ2n) is 5.88. The molecule has 1 aliphatic heterocycles. The third-order valence-electron chi connectivity index (χ3n) is 4.01. The first-order valence-corrected chi connectivity index (χ1v) is 8.04. The highest BCUT2D eigenvalue weighted by molar-refractivity contribution is 6.02. The lowest BCUT2D eigenvalue weighted by molar-refractivity contribution is -0.384. The Morgan fingerprint density at radius 3 is 2.74 bits per heavy atom. The molecule has 9 heteroatoms. The number of fused-ring (bicyclic) bond motifs is 1. The van der Waals surface area contributed by atoms with Gasteiger partial charge in [0.05, 0.1) is 11.3 Å². The molecular weight excluding hydrogens is 352 g/mol. The predicted octanol–water partition coefficient (Wildman–Crippen LogP) is 2.82. The number of nitrogens with one attached hydrogen (secondary N) is 1. The van der Waals surface area contributed by atoms with Crippen molar-refractivity contribution in [2.45, 2.75) is 6.54 Å². The van der Waals surface area contributed by atoms with Crippen molar-refractivity contribution in [1.29, 1.82) is 0 Å². The number of nitro groups is 1. The van der Waals surface area contributed by atoms with Gasteiger partial charge in [0.1, 0.15) is 5.69 Å². The van der Waals surface area contributed by atoms with Crippen LogP contribution >= 0.6 is 0 Å². The van der Waals surface area contributed by atoms with Crippen LogP contribution in [0.4, 0.5) is 11.4 Å². The highest BCUT2D eigenvalue weighted by atomic mass is 16.7. The van der Waals surface area contributed by atoms with E-state index in [2.05, 4.69) is 10.3 Å². The molecule has 0 fully saturated rings. The van der Waals surface area contributed by atoms with Gasteiger partial charge >= 0.3 is 0 Å². The van der Waals surface area contributed by atoms with Crippen LogP contribution in [0.5, 0.6) is 11.5 Å². The van der Waals surface area contributed by atoms with E-state index in [1.807, 2.05) is 0 Å². The molecule has 4 rings (SSSR count). The summed E-state index contributed by atoms with van der Waals surface area (Å²) in [6.45, 7) is 0.613. The van der Waals surface area contributed by atoms with Gasteiger partial charge in [-0.15, -0.1) is 0 Å². The van der Waals surface area contributed by atoms with E-state index in [-0.39, 0.29) is 24.1 Å². The number of hydrogen-bond acceptors (Lipinski definition) is 6. The van der Waals surface area contributed by atoms with Gasteiger partial charge in [-0.05, 0) is 17.7 Å². The van der Waals surface area contributed by atoms with E-state index in [1.165, 1.54) is 18.5 Å². The van der Waals surface area contributed by atoms with Crippen LogP contribution in [0.1, 0.15) is 16.1 Å². The van der Waals surface area contributed by atoms with Gasteiger partial charge in [0, 0.05) is 36.6 Å². The van der Waals surface area contributed by atoms with Crippen molar-refractivity contribution in [3.8, 4) is 11.5 Å². The van der Waals surface area contributed by atoms with Gasteiger partial charge in [-0.3, -0.25) is 14.9 Å². The molecule has 136 valence electrons. The fraction of sp³-hybridized carbons (Fsp3) is 0.111. The molecule has 0 bridgehead atoms. The van der Waals surface area contributed by atoms with E-state index in [0.29, 0.717) is 23.7 Å². The highest BCUT2D eigenvalue weighted by Gasteiger charge is 2.15. The molecule has 0 saturated heterocycles. The zero-order valence-electron chi connectivity index (χ0n) is 14.0. The van der Waals surface area contributed by atoms with E-state index < -0.39 is 4.92 Å². The van der Waals surface area contributed by atoms with Crippen LogP contribution in [-0.2, 0) is 6.54 Å². The first kappa shape index (κ1) is 16.6. The van der Waals surface area contributed by atoms with Crippen LogP contribution in [0.15, 0.2) is 55.0 Å². The number of non-ortho nitro benzene ring substituents is 1. The number of nitrogens with zero attached hydrogens (tertiary/aromatic N) is 3. The molecule has 0 saturated carbocycles. The normalized spacial score (nSPS) is 12.0. The number of hydrogen-bond donors (Lipinski definition) is 1. The summed E-state index contributed by atoms with van der Waals surface area (Å²) in [6, 6.07) is 11.4.